The minimum Gasteiger partial charge on any atom is -0.356 e. The summed E-state index contributed by atoms with van der Waals surface area (Å²) in [7, 11) is 0. The molecule has 0 atom stereocenters. The standard InChI is InChI=1S/C15H21ClN2O2/c1-12(19)17-10-8-15(20)18-9-3-2-5-13-6-4-7-14(16)11-13/h4,6-7,11H,2-3,5,8-10H2,1H3,(H,17,19)(H,18,20). The summed E-state index contributed by atoms with van der Waals surface area (Å²) in [5.41, 5.74) is 1.22. The maximum atomic E-state index is 11.4. The molecule has 0 unspecified atom stereocenters. The van der Waals surface area contributed by atoms with Crippen LogP contribution in [0, 0.1) is 0 Å². The molecule has 0 spiro atoms. The summed E-state index contributed by atoms with van der Waals surface area (Å²) >= 11 is 5.91. The summed E-state index contributed by atoms with van der Waals surface area (Å²) in [4.78, 5) is 22.1. The van der Waals surface area contributed by atoms with Gasteiger partial charge in [0.15, 0.2) is 0 Å². The molecule has 0 saturated heterocycles. The molecule has 1 aromatic rings. The van der Waals surface area contributed by atoms with Crippen molar-refractivity contribution in [3.05, 3.63) is 34.9 Å². The third-order valence-corrected chi connectivity index (χ3v) is 3.06. The largest absolute Gasteiger partial charge is 0.356 e. The Morgan fingerprint density at radius 1 is 1.15 bits per heavy atom. The second-order valence-electron chi connectivity index (χ2n) is 4.67. The fourth-order valence-electron chi connectivity index (χ4n) is 1.81. The minimum absolute atomic E-state index is 0.0264. The van der Waals surface area contributed by atoms with Crippen LogP contribution in [0.1, 0.15) is 31.7 Å². The Morgan fingerprint density at radius 3 is 2.65 bits per heavy atom. The molecule has 0 aliphatic rings. The molecule has 4 nitrogen and oxygen atoms in total. The number of rotatable bonds is 8. The van der Waals surface area contributed by atoms with Crippen LogP contribution in [0.5, 0.6) is 0 Å². The van der Waals surface area contributed by atoms with Crippen molar-refractivity contribution < 1.29 is 9.59 Å². The summed E-state index contributed by atoms with van der Waals surface area (Å²) in [6.07, 6.45) is 3.22. The van der Waals surface area contributed by atoms with Crippen molar-refractivity contribution in [3.63, 3.8) is 0 Å². The molecule has 5 heteroatoms. The molecule has 2 N–H and O–H groups in total. The predicted molar refractivity (Wildman–Crippen MR) is 80.7 cm³/mol. The molecule has 0 fully saturated rings. The van der Waals surface area contributed by atoms with E-state index in [1.54, 1.807) is 0 Å². The number of carbonyl (C=O) groups is 2. The van der Waals surface area contributed by atoms with E-state index in [-0.39, 0.29) is 11.8 Å². The van der Waals surface area contributed by atoms with Gasteiger partial charge < -0.3 is 10.6 Å². The molecule has 1 aromatic carbocycles. The number of unbranched alkanes of at least 4 members (excludes halogenated alkanes) is 1. The Bertz CT molecular complexity index is 449. The van der Waals surface area contributed by atoms with Gasteiger partial charge in [0.2, 0.25) is 11.8 Å². The molecule has 0 saturated carbocycles. The van der Waals surface area contributed by atoms with Crippen molar-refractivity contribution in [1.29, 1.82) is 0 Å². The van der Waals surface area contributed by atoms with Gasteiger partial charge in [-0.05, 0) is 37.0 Å². The number of benzene rings is 1. The number of carbonyl (C=O) groups excluding carboxylic acids is 2. The van der Waals surface area contributed by atoms with E-state index < -0.39 is 0 Å². The smallest absolute Gasteiger partial charge is 0.221 e. The van der Waals surface area contributed by atoms with Gasteiger partial charge in [-0.3, -0.25) is 9.59 Å². The molecule has 0 aliphatic heterocycles. The molecule has 20 heavy (non-hydrogen) atoms. The van der Waals surface area contributed by atoms with E-state index >= 15 is 0 Å². The monoisotopic (exact) mass is 296 g/mol. The van der Waals surface area contributed by atoms with Crippen LogP contribution in [-0.2, 0) is 16.0 Å². The number of hydrogen-bond acceptors (Lipinski definition) is 2. The van der Waals surface area contributed by atoms with Crippen LogP contribution in [-0.4, -0.2) is 24.9 Å². The molecule has 2 amide bonds. The van der Waals surface area contributed by atoms with Crippen LogP contribution in [0.15, 0.2) is 24.3 Å². The van der Waals surface area contributed by atoms with Gasteiger partial charge in [-0.15, -0.1) is 0 Å². The third-order valence-electron chi connectivity index (χ3n) is 2.83. The summed E-state index contributed by atoms with van der Waals surface area (Å²) in [6, 6.07) is 7.83. The predicted octanol–water partition coefficient (Wildman–Crippen LogP) is 2.31. The molecule has 0 bridgehead atoms. The first-order chi connectivity index (χ1) is 9.58. The van der Waals surface area contributed by atoms with E-state index in [9.17, 15) is 9.59 Å². The van der Waals surface area contributed by atoms with Crippen molar-refractivity contribution >= 4 is 23.4 Å². The van der Waals surface area contributed by atoms with E-state index in [2.05, 4.69) is 16.7 Å². The Kier molecular flexibility index (Phi) is 7.73. The van der Waals surface area contributed by atoms with Crippen molar-refractivity contribution in [2.75, 3.05) is 13.1 Å². The van der Waals surface area contributed by atoms with Crippen LogP contribution in [0.2, 0.25) is 5.02 Å². The van der Waals surface area contributed by atoms with Crippen LogP contribution < -0.4 is 10.6 Å². The molecular weight excluding hydrogens is 276 g/mol. The van der Waals surface area contributed by atoms with Crippen LogP contribution >= 0.6 is 11.6 Å². The summed E-state index contributed by atoms with van der Waals surface area (Å²) < 4.78 is 0. The molecule has 0 radical (unpaired) electrons. The first kappa shape index (κ1) is 16.5. The van der Waals surface area contributed by atoms with Crippen LogP contribution in [0.25, 0.3) is 0 Å². The van der Waals surface area contributed by atoms with Crippen LogP contribution in [0.3, 0.4) is 0 Å². The summed E-state index contributed by atoms with van der Waals surface area (Å²) in [5.74, 6) is -0.138. The van der Waals surface area contributed by atoms with Crippen molar-refractivity contribution in [2.24, 2.45) is 0 Å². The summed E-state index contributed by atoms with van der Waals surface area (Å²) in [6.45, 7) is 2.50. The maximum Gasteiger partial charge on any atom is 0.221 e. The average Bonchev–Trinajstić information content (AvgIpc) is 2.38. The highest BCUT2D eigenvalue weighted by Crippen LogP contribution is 2.12. The molecule has 0 aliphatic carbocycles. The van der Waals surface area contributed by atoms with E-state index in [1.807, 2.05) is 18.2 Å². The van der Waals surface area contributed by atoms with E-state index in [4.69, 9.17) is 11.6 Å². The zero-order chi connectivity index (χ0) is 14.8. The van der Waals surface area contributed by atoms with E-state index in [1.165, 1.54) is 12.5 Å². The van der Waals surface area contributed by atoms with Gasteiger partial charge in [0.1, 0.15) is 0 Å². The first-order valence-electron chi connectivity index (χ1n) is 6.83. The third kappa shape index (κ3) is 7.79. The zero-order valence-corrected chi connectivity index (χ0v) is 12.5. The normalized spacial score (nSPS) is 10.1. The Morgan fingerprint density at radius 2 is 1.95 bits per heavy atom. The quantitative estimate of drug-likeness (QED) is 0.723. The van der Waals surface area contributed by atoms with Crippen LogP contribution in [0.4, 0.5) is 0 Å². The lowest BCUT2D eigenvalue weighted by Gasteiger charge is -2.06. The van der Waals surface area contributed by atoms with E-state index in [0.29, 0.717) is 19.5 Å². The molecular formula is C15H21ClN2O2. The van der Waals surface area contributed by atoms with Crippen molar-refractivity contribution in [2.45, 2.75) is 32.6 Å². The maximum absolute atomic E-state index is 11.4. The second-order valence-corrected chi connectivity index (χ2v) is 5.11. The van der Waals surface area contributed by atoms with Gasteiger partial charge in [0, 0.05) is 31.5 Å². The summed E-state index contributed by atoms with van der Waals surface area (Å²) in [5, 5.41) is 6.19. The van der Waals surface area contributed by atoms with Gasteiger partial charge in [0.05, 0.1) is 0 Å². The number of nitrogens with one attached hydrogen (secondary N) is 2. The van der Waals surface area contributed by atoms with Crippen molar-refractivity contribution in [3.8, 4) is 0 Å². The lowest BCUT2D eigenvalue weighted by molar-refractivity contribution is -0.121. The molecule has 110 valence electrons. The van der Waals surface area contributed by atoms with Gasteiger partial charge >= 0.3 is 0 Å². The fourth-order valence-corrected chi connectivity index (χ4v) is 2.03. The first-order valence-corrected chi connectivity index (χ1v) is 7.21. The topological polar surface area (TPSA) is 58.2 Å². The Balaban J connectivity index is 2.04. The average molecular weight is 297 g/mol. The fraction of sp³-hybridized carbons (Fsp3) is 0.467. The number of amides is 2. The number of halogens is 1. The lowest BCUT2D eigenvalue weighted by atomic mass is 10.1. The highest BCUT2D eigenvalue weighted by molar-refractivity contribution is 6.30. The molecule has 0 aromatic heterocycles. The SMILES string of the molecule is CC(=O)NCCC(=O)NCCCCc1cccc(Cl)c1. The second kappa shape index (κ2) is 9.37. The van der Waals surface area contributed by atoms with Gasteiger partial charge in [-0.25, -0.2) is 0 Å². The highest BCUT2D eigenvalue weighted by atomic mass is 35.5. The lowest BCUT2D eigenvalue weighted by Crippen LogP contribution is -2.30. The molecule has 1 rings (SSSR count). The Labute approximate surface area is 124 Å². The van der Waals surface area contributed by atoms with Gasteiger partial charge in [-0.1, -0.05) is 23.7 Å². The number of hydrogen-bond donors (Lipinski definition) is 2. The zero-order valence-electron chi connectivity index (χ0n) is 11.7. The molecule has 0 heterocycles. The van der Waals surface area contributed by atoms with Gasteiger partial charge in [0.25, 0.3) is 0 Å². The highest BCUT2D eigenvalue weighted by Gasteiger charge is 2.01. The minimum atomic E-state index is -0.112. The number of aryl methyl sites for hydroxylation is 1. The Hall–Kier alpha value is -1.55. The van der Waals surface area contributed by atoms with Gasteiger partial charge in [-0.2, -0.15) is 0 Å². The van der Waals surface area contributed by atoms with E-state index in [0.717, 1.165) is 24.3 Å². The van der Waals surface area contributed by atoms with Crippen molar-refractivity contribution in [1.82, 2.24) is 10.6 Å².